The lowest BCUT2D eigenvalue weighted by Gasteiger charge is -2.37. The van der Waals surface area contributed by atoms with Gasteiger partial charge in [-0.1, -0.05) is 31.0 Å². The molecule has 0 unspecified atom stereocenters. The summed E-state index contributed by atoms with van der Waals surface area (Å²) in [5.41, 5.74) is 0. The molecule has 3 atom stereocenters. The molecule has 1 aliphatic carbocycles. The van der Waals surface area contributed by atoms with E-state index >= 15 is 0 Å². The maximum absolute atomic E-state index is 12.4. The molecule has 0 amide bonds. The van der Waals surface area contributed by atoms with Crippen LogP contribution in [0.25, 0.3) is 0 Å². The maximum Gasteiger partial charge on any atom is 0.530 e. The third-order valence-corrected chi connectivity index (χ3v) is 4.94. The van der Waals surface area contributed by atoms with E-state index in [0.29, 0.717) is 18.3 Å². The van der Waals surface area contributed by atoms with Gasteiger partial charge in [0.2, 0.25) is 0 Å². The normalized spacial score (nSPS) is 35.8. The molecular weight excluding hydrogens is 251 g/mol. The van der Waals surface area contributed by atoms with Crippen LogP contribution in [0.5, 0.6) is 5.75 Å². The van der Waals surface area contributed by atoms with E-state index in [1.807, 2.05) is 18.2 Å². The highest BCUT2D eigenvalue weighted by atomic mass is 31.2. The van der Waals surface area contributed by atoms with Crippen LogP contribution in [0.3, 0.4) is 0 Å². The lowest BCUT2D eigenvalue weighted by Crippen LogP contribution is -2.35. The lowest BCUT2D eigenvalue weighted by molar-refractivity contribution is -0.0173. The molecule has 0 spiro atoms. The fourth-order valence-electron chi connectivity index (χ4n) is 2.54. The zero-order chi connectivity index (χ0) is 12.4. The van der Waals surface area contributed by atoms with Gasteiger partial charge in [-0.05, 0) is 25.0 Å². The molecule has 2 fully saturated rings. The van der Waals surface area contributed by atoms with Crippen molar-refractivity contribution < 1.29 is 18.1 Å². The van der Waals surface area contributed by atoms with Crippen molar-refractivity contribution in [1.29, 1.82) is 0 Å². The standard InChI is InChI=1S/C13H17O4P/c14-18(16-12-7-2-1-3-8-12)15-10-11-6-4-5-9-13(11)17-18/h1-3,7-8,11,13H,4-6,9-10H2/t11-,13+,18-/m1/s1. The van der Waals surface area contributed by atoms with E-state index in [9.17, 15) is 4.57 Å². The Morgan fingerprint density at radius 3 is 2.78 bits per heavy atom. The van der Waals surface area contributed by atoms with Gasteiger partial charge in [0.25, 0.3) is 0 Å². The SMILES string of the molecule is O=[P@]1(Oc2ccccc2)OC[C@H]2CCCC[C@@H]2O1. The topological polar surface area (TPSA) is 44.8 Å². The third kappa shape index (κ3) is 2.61. The predicted molar refractivity (Wildman–Crippen MR) is 67.5 cm³/mol. The quantitative estimate of drug-likeness (QED) is 0.766. The van der Waals surface area contributed by atoms with Gasteiger partial charge in [0.05, 0.1) is 12.7 Å². The minimum Gasteiger partial charge on any atom is -0.404 e. The molecule has 0 bridgehead atoms. The van der Waals surface area contributed by atoms with Crippen molar-refractivity contribution in [2.45, 2.75) is 31.8 Å². The number of fused-ring (bicyclic) bond motifs is 1. The molecule has 4 nitrogen and oxygen atoms in total. The van der Waals surface area contributed by atoms with Crippen molar-refractivity contribution in [1.82, 2.24) is 0 Å². The Balaban J connectivity index is 1.70. The van der Waals surface area contributed by atoms with Gasteiger partial charge in [0, 0.05) is 5.92 Å². The summed E-state index contributed by atoms with van der Waals surface area (Å²) >= 11 is 0. The van der Waals surface area contributed by atoms with Gasteiger partial charge >= 0.3 is 7.82 Å². The fraction of sp³-hybridized carbons (Fsp3) is 0.538. The van der Waals surface area contributed by atoms with E-state index in [1.54, 1.807) is 12.1 Å². The Morgan fingerprint density at radius 2 is 1.94 bits per heavy atom. The molecule has 1 aliphatic heterocycles. The van der Waals surface area contributed by atoms with E-state index < -0.39 is 7.82 Å². The van der Waals surface area contributed by atoms with Gasteiger partial charge in [-0.25, -0.2) is 4.57 Å². The van der Waals surface area contributed by atoms with E-state index in [-0.39, 0.29) is 6.10 Å². The van der Waals surface area contributed by atoms with Crippen molar-refractivity contribution >= 4 is 7.82 Å². The van der Waals surface area contributed by atoms with E-state index in [1.165, 1.54) is 6.42 Å². The van der Waals surface area contributed by atoms with Crippen LogP contribution in [0.15, 0.2) is 30.3 Å². The summed E-state index contributed by atoms with van der Waals surface area (Å²) in [6, 6.07) is 9.03. The second-order valence-electron chi connectivity index (χ2n) is 4.84. The molecule has 3 rings (SSSR count). The van der Waals surface area contributed by atoms with Crippen molar-refractivity contribution in [3.05, 3.63) is 30.3 Å². The van der Waals surface area contributed by atoms with Crippen molar-refractivity contribution in [3.8, 4) is 5.75 Å². The monoisotopic (exact) mass is 268 g/mol. The fourth-order valence-corrected chi connectivity index (χ4v) is 4.06. The van der Waals surface area contributed by atoms with Crippen LogP contribution in [0.4, 0.5) is 0 Å². The molecule has 1 heterocycles. The summed E-state index contributed by atoms with van der Waals surface area (Å²) in [6.45, 7) is 0.481. The molecule has 1 saturated carbocycles. The summed E-state index contributed by atoms with van der Waals surface area (Å²) < 4.78 is 28.7. The molecule has 2 aliphatic rings. The highest BCUT2D eigenvalue weighted by Gasteiger charge is 2.42. The summed E-state index contributed by atoms with van der Waals surface area (Å²) in [4.78, 5) is 0. The first-order valence-electron chi connectivity index (χ1n) is 6.43. The molecule has 1 saturated heterocycles. The van der Waals surface area contributed by atoms with Gasteiger partial charge in [0.15, 0.2) is 0 Å². The summed E-state index contributed by atoms with van der Waals surface area (Å²) in [6.07, 6.45) is 4.41. The Bertz CT molecular complexity index is 448. The first-order chi connectivity index (χ1) is 8.75. The molecule has 0 N–H and O–H groups in total. The van der Waals surface area contributed by atoms with E-state index in [0.717, 1.165) is 19.3 Å². The molecule has 5 heteroatoms. The highest BCUT2D eigenvalue weighted by molar-refractivity contribution is 7.49. The Hall–Kier alpha value is -0.830. The number of hydrogen-bond donors (Lipinski definition) is 0. The van der Waals surface area contributed by atoms with Gasteiger partial charge in [0.1, 0.15) is 5.75 Å². The number of para-hydroxylation sites is 1. The molecule has 18 heavy (non-hydrogen) atoms. The smallest absolute Gasteiger partial charge is 0.404 e. The van der Waals surface area contributed by atoms with Crippen LogP contribution in [-0.4, -0.2) is 12.7 Å². The van der Waals surface area contributed by atoms with Crippen LogP contribution in [0.1, 0.15) is 25.7 Å². The lowest BCUT2D eigenvalue weighted by atomic mass is 9.87. The summed E-state index contributed by atoms with van der Waals surface area (Å²) in [5.74, 6) is 0.898. The Labute approximate surface area is 107 Å². The largest absolute Gasteiger partial charge is 0.530 e. The second-order valence-corrected chi connectivity index (χ2v) is 6.38. The Kier molecular flexibility index (Phi) is 3.42. The van der Waals surface area contributed by atoms with Crippen molar-refractivity contribution in [2.24, 2.45) is 5.92 Å². The summed E-state index contributed by atoms with van der Waals surface area (Å²) in [5, 5.41) is 0. The van der Waals surface area contributed by atoms with Crippen molar-refractivity contribution in [3.63, 3.8) is 0 Å². The first kappa shape index (κ1) is 12.2. The number of benzene rings is 1. The van der Waals surface area contributed by atoms with Crippen LogP contribution in [0.2, 0.25) is 0 Å². The van der Waals surface area contributed by atoms with Gasteiger partial charge in [-0.2, -0.15) is 0 Å². The molecule has 1 aromatic carbocycles. The second kappa shape index (κ2) is 5.04. The summed E-state index contributed by atoms with van der Waals surface area (Å²) in [7, 11) is -3.42. The number of phosphoric acid groups is 1. The maximum atomic E-state index is 12.4. The average molecular weight is 268 g/mol. The van der Waals surface area contributed by atoms with Gasteiger partial charge in [-0.15, -0.1) is 0 Å². The molecule has 0 aromatic heterocycles. The molecule has 1 aromatic rings. The third-order valence-electron chi connectivity index (χ3n) is 3.51. The minimum atomic E-state index is -3.42. The van der Waals surface area contributed by atoms with E-state index in [2.05, 4.69) is 0 Å². The van der Waals surface area contributed by atoms with E-state index in [4.69, 9.17) is 13.6 Å². The average Bonchev–Trinajstić information content (AvgIpc) is 2.39. The number of phosphoric ester groups is 1. The zero-order valence-corrected chi connectivity index (χ0v) is 11.1. The molecule has 98 valence electrons. The zero-order valence-electron chi connectivity index (χ0n) is 10.2. The van der Waals surface area contributed by atoms with Gasteiger partial charge < -0.3 is 4.52 Å². The molecular formula is C13H17O4P. The number of hydrogen-bond acceptors (Lipinski definition) is 4. The van der Waals surface area contributed by atoms with Crippen LogP contribution >= 0.6 is 7.82 Å². The number of rotatable bonds is 2. The first-order valence-corrected chi connectivity index (χ1v) is 7.89. The predicted octanol–water partition coefficient (Wildman–Crippen LogP) is 3.78. The van der Waals surface area contributed by atoms with Crippen LogP contribution in [0, 0.1) is 5.92 Å². The van der Waals surface area contributed by atoms with Crippen LogP contribution in [-0.2, 0) is 13.6 Å². The van der Waals surface area contributed by atoms with Gasteiger partial charge in [-0.3, -0.25) is 9.05 Å². The van der Waals surface area contributed by atoms with Crippen molar-refractivity contribution in [2.75, 3.05) is 6.61 Å². The highest BCUT2D eigenvalue weighted by Crippen LogP contribution is 2.56. The minimum absolute atomic E-state index is 0.0297. The molecule has 0 radical (unpaired) electrons. The Morgan fingerprint density at radius 1 is 1.17 bits per heavy atom. The van der Waals surface area contributed by atoms with Crippen LogP contribution < -0.4 is 4.52 Å².